The standard InChI is InChI=1S/C13H7BrClFO/c14-9-3-1-2-8(6-9)13(17)11-5-4-10(15)7-12(11)16/h1-7H. The molecule has 0 bridgehead atoms. The van der Waals surface area contributed by atoms with E-state index >= 15 is 0 Å². The summed E-state index contributed by atoms with van der Waals surface area (Å²) < 4.78 is 14.3. The topological polar surface area (TPSA) is 17.1 Å². The predicted octanol–water partition coefficient (Wildman–Crippen LogP) is 4.47. The van der Waals surface area contributed by atoms with Crippen molar-refractivity contribution in [2.75, 3.05) is 0 Å². The Labute approximate surface area is 111 Å². The van der Waals surface area contributed by atoms with E-state index in [1.807, 2.05) is 0 Å². The van der Waals surface area contributed by atoms with E-state index in [2.05, 4.69) is 15.9 Å². The van der Waals surface area contributed by atoms with Crippen LogP contribution in [0.3, 0.4) is 0 Å². The van der Waals surface area contributed by atoms with Gasteiger partial charge in [-0.25, -0.2) is 4.39 Å². The smallest absolute Gasteiger partial charge is 0.196 e. The molecule has 0 saturated carbocycles. The van der Waals surface area contributed by atoms with Gasteiger partial charge in [0.25, 0.3) is 0 Å². The van der Waals surface area contributed by atoms with E-state index in [0.29, 0.717) is 5.56 Å². The molecule has 4 heteroatoms. The van der Waals surface area contributed by atoms with Crippen molar-refractivity contribution in [3.8, 4) is 0 Å². The maximum atomic E-state index is 13.6. The summed E-state index contributed by atoms with van der Waals surface area (Å²) >= 11 is 8.90. The summed E-state index contributed by atoms with van der Waals surface area (Å²) in [6, 6.07) is 10.8. The molecule has 0 fully saturated rings. The number of hydrogen-bond donors (Lipinski definition) is 0. The number of carbonyl (C=O) groups excluding carboxylic acids is 1. The molecule has 1 nitrogen and oxygen atoms in total. The molecular formula is C13H7BrClFO. The van der Waals surface area contributed by atoms with Crippen molar-refractivity contribution in [1.82, 2.24) is 0 Å². The van der Waals surface area contributed by atoms with E-state index in [1.54, 1.807) is 24.3 Å². The third kappa shape index (κ3) is 2.73. The van der Waals surface area contributed by atoms with Crippen molar-refractivity contribution in [3.05, 3.63) is 68.9 Å². The normalized spacial score (nSPS) is 10.3. The zero-order chi connectivity index (χ0) is 12.4. The van der Waals surface area contributed by atoms with Gasteiger partial charge in [0.2, 0.25) is 0 Å². The fourth-order valence-corrected chi connectivity index (χ4v) is 2.02. The Hall–Kier alpha value is -1.19. The van der Waals surface area contributed by atoms with Crippen LogP contribution in [0, 0.1) is 5.82 Å². The molecule has 2 aromatic carbocycles. The Morgan fingerprint density at radius 3 is 2.59 bits per heavy atom. The molecule has 0 saturated heterocycles. The molecule has 0 radical (unpaired) electrons. The number of benzene rings is 2. The largest absolute Gasteiger partial charge is 0.288 e. The SMILES string of the molecule is O=C(c1cccc(Br)c1)c1ccc(Cl)cc1F. The summed E-state index contributed by atoms with van der Waals surface area (Å²) in [5.41, 5.74) is 0.452. The van der Waals surface area contributed by atoms with Gasteiger partial charge in [-0.3, -0.25) is 4.79 Å². The maximum absolute atomic E-state index is 13.6. The van der Waals surface area contributed by atoms with E-state index in [-0.39, 0.29) is 16.4 Å². The lowest BCUT2D eigenvalue weighted by molar-refractivity contribution is 0.103. The first-order valence-corrected chi connectivity index (χ1v) is 6.00. The molecule has 0 aliphatic rings. The maximum Gasteiger partial charge on any atom is 0.196 e. The van der Waals surface area contributed by atoms with Crippen LogP contribution in [0.4, 0.5) is 4.39 Å². The van der Waals surface area contributed by atoms with Gasteiger partial charge in [-0.05, 0) is 30.3 Å². The first-order valence-electron chi connectivity index (χ1n) is 4.83. The molecular weight excluding hydrogens is 306 g/mol. The van der Waals surface area contributed by atoms with Crippen LogP contribution in [0.25, 0.3) is 0 Å². The van der Waals surface area contributed by atoms with Crippen LogP contribution in [0.15, 0.2) is 46.9 Å². The molecule has 2 rings (SSSR count). The van der Waals surface area contributed by atoms with Crippen LogP contribution in [0.2, 0.25) is 5.02 Å². The van der Waals surface area contributed by atoms with Gasteiger partial charge in [0.15, 0.2) is 5.78 Å². The zero-order valence-corrected chi connectivity index (χ0v) is 10.9. The Morgan fingerprint density at radius 2 is 1.94 bits per heavy atom. The molecule has 0 N–H and O–H groups in total. The van der Waals surface area contributed by atoms with Crippen molar-refractivity contribution >= 4 is 33.3 Å². The van der Waals surface area contributed by atoms with E-state index in [4.69, 9.17) is 11.6 Å². The highest BCUT2D eigenvalue weighted by Crippen LogP contribution is 2.19. The van der Waals surface area contributed by atoms with Crippen LogP contribution >= 0.6 is 27.5 Å². The van der Waals surface area contributed by atoms with Crippen LogP contribution in [0.5, 0.6) is 0 Å². The minimum atomic E-state index is -0.609. The second-order valence-corrected chi connectivity index (χ2v) is 4.82. The van der Waals surface area contributed by atoms with Gasteiger partial charge >= 0.3 is 0 Å². The first-order chi connectivity index (χ1) is 8.08. The molecule has 17 heavy (non-hydrogen) atoms. The van der Waals surface area contributed by atoms with Crippen molar-refractivity contribution in [3.63, 3.8) is 0 Å². The molecule has 0 unspecified atom stereocenters. The van der Waals surface area contributed by atoms with E-state index < -0.39 is 5.82 Å². The minimum Gasteiger partial charge on any atom is -0.288 e. The number of ketones is 1. The molecule has 0 spiro atoms. The molecule has 0 amide bonds. The zero-order valence-electron chi connectivity index (χ0n) is 8.58. The number of hydrogen-bond acceptors (Lipinski definition) is 1. The van der Waals surface area contributed by atoms with Gasteiger partial charge in [0.1, 0.15) is 5.82 Å². The molecule has 0 atom stereocenters. The summed E-state index contributed by atoms with van der Waals surface area (Å²) in [4.78, 5) is 12.0. The third-order valence-corrected chi connectivity index (χ3v) is 2.99. The van der Waals surface area contributed by atoms with E-state index in [9.17, 15) is 9.18 Å². The van der Waals surface area contributed by atoms with Crippen LogP contribution < -0.4 is 0 Å². The third-order valence-electron chi connectivity index (χ3n) is 2.26. The average molecular weight is 314 g/mol. The van der Waals surface area contributed by atoms with Gasteiger partial charge in [0.05, 0.1) is 5.56 Å². The van der Waals surface area contributed by atoms with Crippen LogP contribution in [0.1, 0.15) is 15.9 Å². The highest BCUT2D eigenvalue weighted by atomic mass is 79.9. The minimum absolute atomic E-state index is 0.0208. The molecule has 0 aliphatic carbocycles. The number of carbonyl (C=O) groups is 1. The molecule has 0 aromatic heterocycles. The predicted molar refractivity (Wildman–Crippen MR) is 69.0 cm³/mol. The van der Waals surface area contributed by atoms with Gasteiger partial charge in [0, 0.05) is 15.1 Å². The fourth-order valence-electron chi connectivity index (χ4n) is 1.46. The van der Waals surface area contributed by atoms with Crippen LogP contribution in [-0.4, -0.2) is 5.78 Å². The lowest BCUT2D eigenvalue weighted by Crippen LogP contribution is -2.04. The summed E-state index contributed by atoms with van der Waals surface area (Å²) in [6.07, 6.45) is 0. The summed E-state index contributed by atoms with van der Waals surface area (Å²) in [5.74, 6) is -0.969. The van der Waals surface area contributed by atoms with E-state index in [1.165, 1.54) is 12.1 Å². The lowest BCUT2D eigenvalue weighted by Gasteiger charge is -2.03. The van der Waals surface area contributed by atoms with Gasteiger partial charge in [-0.2, -0.15) is 0 Å². The highest BCUT2D eigenvalue weighted by molar-refractivity contribution is 9.10. The van der Waals surface area contributed by atoms with Crippen molar-refractivity contribution in [1.29, 1.82) is 0 Å². The lowest BCUT2D eigenvalue weighted by atomic mass is 10.0. The first kappa shape index (κ1) is 12.3. The van der Waals surface area contributed by atoms with Crippen molar-refractivity contribution in [2.45, 2.75) is 0 Å². The Balaban J connectivity index is 2.44. The molecule has 86 valence electrons. The summed E-state index contributed by atoms with van der Waals surface area (Å²) in [6.45, 7) is 0. The Morgan fingerprint density at radius 1 is 1.18 bits per heavy atom. The van der Waals surface area contributed by atoms with Crippen LogP contribution in [-0.2, 0) is 0 Å². The Bertz CT molecular complexity index is 583. The summed E-state index contributed by atoms with van der Waals surface area (Å²) in [7, 11) is 0. The number of halogens is 3. The fraction of sp³-hybridized carbons (Fsp3) is 0. The van der Waals surface area contributed by atoms with Crippen molar-refractivity contribution < 1.29 is 9.18 Å². The molecule has 0 heterocycles. The second-order valence-electron chi connectivity index (χ2n) is 3.46. The number of rotatable bonds is 2. The van der Waals surface area contributed by atoms with Gasteiger partial charge < -0.3 is 0 Å². The van der Waals surface area contributed by atoms with Gasteiger partial charge in [-0.15, -0.1) is 0 Å². The second kappa shape index (κ2) is 4.98. The monoisotopic (exact) mass is 312 g/mol. The highest BCUT2D eigenvalue weighted by Gasteiger charge is 2.14. The quantitative estimate of drug-likeness (QED) is 0.748. The van der Waals surface area contributed by atoms with E-state index in [0.717, 1.165) is 10.5 Å². The summed E-state index contributed by atoms with van der Waals surface area (Å²) in [5, 5.41) is 0.272. The average Bonchev–Trinajstić information content (AvgIpc) is 2.28. The van der Waals surface area contributed by atoms with Crippen molar-refractivity contribution in [2.24, 2.45) is 0 Å². The molecule has 2 aromatic rings. The molecule has 0 aliphatic heterocycles. The Kier molecular flexibility index (Phi) is 3.60. The van der Waals surface area contributed by atoms with Gasteiger partial charge in [-0.1, -0.05) is 39.7 Å².